The van der Waals surface area contributed by atoms with Crippen molar-refractivity contribution in [2.75, 3.05) is 13.2 Å². The Morgan fingerprint density at radius 1 is 1.25 bits per heavy atom. The van der Waals surface area contributed by atoms with Crippen molar-refractivity contribution in [3.63, 3.8) is 0 Å². The minimum atomic E-state index is 0.594. The highest BCUT2D eigenvalue weighted by Gasteiger charge is 2.27. The maximum Gasteiger partial charge on any atom is 0.122 e. The fourth-order valence-electron chi connectivity index (χ4n) is 3.18. The van der Waals surface area contributed by atoms with Gasteiger partial charge >= 0.3 is 0 Å². The first-order valence-electron chi connectivity index (χ1n) is 8.08. The third kappa shape index (κ3) is 3.54. The van der Waals surface area contributed by atoms with Crippen molar-refractivity contribution in [3.8, 4) is 5.75 Å². The van der Waals surface area contributed by atoms with Gasteiger partial charge in [0.2, 0.25) is 0 Å². The summed E-state index contributed by atoms with van der Waals surface area (Å²) in [6, 6.07) is 9.14. The predicted molar refractivity (Wildman–Crippen MR) is 85.4 cm³/mol. The van der Waals surface area contributed by atoms with Gasteiger partial charge < -0.3 is 10.1 Å². The Labute approximate surface area is 123 Å². The van der Waals surface area contributed by atoms with Crippen molar-refractivity contribution in [2.24, 2.45) is 11.8 Å². The number of hydrogen-bond donors (Lipinski definition) is 1. The van der Waals surface area contributed by atoms with Crippen LogP contribution in [0.1, 0.15) is 52.0 Å². The van der Waals surface area contributed by atoms with E-state index in [0.29, 0.717) is 23.8 Å². The van der Waals surface area contributed by atoms with E-state index in [1.807, 2.05) is 0 Å². The third-order valence-electron chi connectivity index (χ3n) is 4.77. The van der Waals surface area contributed by atoms with Crippen LogP contribution in [0.15, 0.2) is 24.3 Å². The summed E-state index contributed by atoms with van der Waals surface area (Å²) in [6.45, 7) is 11.1. The molecule has 0 saturated carbocycles. The third-order valence-corrected chi connectivity index (χ3v) is 4.77. The number of hydrogen-bond acceptors (Lipinski definition) is 2. The Hall–Kier alpha value is -1.02. The second-order valence-electron chi connectivity index (χ2n) is 6.37. The van der Waals surface area contributed by atoms with Crippen LogP contribution in [0, 0.1) is 11.8 Å². The smallest absolute Gasteiger partial charge is 0.122 e. The molecule has 1 aromatic rings. The SMILES string of the molecule is CCNC(CC1CCOc2ccccc21)C(C)C(C)C. The molecule has 0 radical (unpaired) electrons. The fraction of sp³-hybridized carbons (Fsp3) is 0.667. The van der Waals surface area contributed by atoms with Crippen molar-refractivity contribution in [1.82, 2.24) is 5.32 Å². The van der Waals surface area contributed by atoms with Gasteiger partial charge in [0.05, 0.1) is 6.61 Å². The summed E-state index contributed by atoms with van der Waals surface area (Å²) >= 11 is 0. The Morgan fingerprint density at radius 2 is 2.00 bits per heavy atom. The second kappa shape index (κ2) is 7.12. The van der Waals surface area contributed by atoms with E-state index in [9.17, 15) is 0 Å². The molecule has 1 aliphatic rings. The highest BCUT2D eigenvalue weighted by atomic mass is 16.5. The molecule has 2 rings (SSSR count). The van der Waals surface area contributed by atoms with E-state index >= 15 is 0 Å². The first-order chi connectivity index (χ1) is 9.63. The molecule has 112 valence electrons. The number of ether oxygens (including phenoxy) is 1. The first-order valence-corrected chi connectivity index (χ1v) is 8.08. The molecule has 0 amide bonds. The van der Waals surface area contributed by atoms with E-state index < -0.39 is 0 Å². The minimum absolute atomic E-state index is 0.594. The van der Waals surface area contributed by atoms with Crippen molar-refractivity contribution in [1.29, 1.82) is 0 Å². The van der Waals surface area contributed by atoms with Gasteiger partial charge in [0.15, 0.2) is 0 Å². The predicted octanol–water partition coefficient (Wildman–Crippen LogP) is 4.21. The normalized spacial score (nSPS) is 21.1. The zero-order chi connectivity index (χ0) is 14.5. The summed E-state index contributed by atoms with van der Waals surface area (Å²) in [5, 5.41) is 3.70. The van der Waals surface area contributed by atoms with Crippen LogP contribution in [0.5, 0.6) is 5.75 Å². The molecule has 0 saturated heterocycles. The van der Waals surface area contributed by atoms with Crippen molar-refractivity contribution in [2.45, 2.75) is 52.5 Å². The van der Waals surface area contributed by atoms with Gasteiger partial charge in [-0.25, -0.2) is 0 Å². The Bertz CT molecular complexity index is 416. The van der Waals surface area contributed by atoms with E-state index in [2.05, 4.69) is 57.3 Å². The van der Waals surface area contributed by atoms with E-state index in [1.165, 1.54) is 12.0 Å². The highest BCUT2D eigenvalue weighted by molar-refractivity contribution is 5.37. The molecule has 2 nitrogen and oxygen atoms in total. The van der Waals surface area contributed by atoms with Crippen molar-refractivity contribution >= 4 is 0 Å². The van der Waals surface area contributed by atoms with Crippen LogP contribution in [0.3, 0.4) is 0 Å². The van der Waals surface area contributed by atoms with E-state index in [4.69, 9.17) is 4.74 Å². The monoisotopic (exact) mass is 275 g/mol. The van der Waals surface area contributed by atoms with E-state index in [1.54, 1.807) is 0 Å². The van der Waals surface area contributed by atoms with Gasteiger partial charge in [-0.15, -0.1) is 0 Å². The molecule has 2 heteroatoms. The van der Waals surface area contributed by atoms with Crippen LogP contribution in [0.2, 0.25) is 0 Å². The summed E-state index contributed by atoms with van der Waals surface area (Å²) in [6.07, 6.45) is 2.36. The Balaban J connectivity index is 2.11. The number of para-hydroxylation sites is 1. The molecular formula is C18H29NO. The second-order valence-corrected chi connectivity index (χ2v) is 6.37. The number of benzene rings is 1. The van der Waals surface area contributed by atoms with Crippen LogP contribution in [-0.2, 0) is 0 Å². The molecule has 20 heavy (non-hydrogen) atoms. The minimum Gasteiger partial charge on any atom is -0.493 e. The fourth-order valence-corrected chi connectivity index (χ4v) is 3.18. The molecule has 3 atom stereocenters. The Kier molecular flexibility index (Phi) is 5.47. The van der Waals surface area contributed by atoms with Gasteiger partial charge in [0.1, 0.15) is 5.75 Å². The molecule has 0 aromatic heterocycles. The summed E-state index contributed by atoms with van der Waals surface area (Å²) in [7, 11) is 0. The molecule has 1 N–H and O–H groups in total. The average Bonchev–Trinajstić information content (AvgIpc) is 2.46. The lowest BCUT2D eigenvalue weighted by Crippen LogP contribution is -2.39. The Morgan fingerprint density at radius 3 is 2.70 bits per heavy atom. The molecule has 1 aliphatic heterocycles. The topological polar surface area (TPSA) is 21.3 Å². The van der Waals surface area contributed by atoms with Crippen LogP contribution in [0.4, 0.5) is 0 Å². The van der Waals surface area contributed by atoms with Gasteiger partial charge in [0, 0.05) is 6.04 Å². The molecule has 0 fully saturated rings. The standard InChI is InChI=1S/C18H29NO/c1-5-19-17(14(4)13(2)3)12-15-10-11-20-18-9-7-6-8-16(15)18/h6-9,13-15,17,19H,5,10-12H2,1-4H3. The molecule has 1 aromatic carbocycles. The summed E-state index contributed by atoms with van der Waals surface area (Å²) in [4.78, 5) is 0. The molecular weight excluding hydrogens is 246 g/mol. The maximum atomic E-state index is 5.78. The van der Waals surface area contributed by atoms with E-state index in [0.717, 1.165) is 25.3 Å². The van der Waals surface area contributed by atoms with Gasteiger partial charge in [-0.3, -0.25) is 0 Å². The average molecular weight is 275 g/mol. The van der Waals surface area contributed by atoms with Crippen LogP contribution < -0.4 is 10.1 Å². The zero-order valence-corrected chi connectivity index (χ0v) is 13.4. The van der Waals surface area contributed by atoms with Gasteiger partial charge in [-0.2, -0.15) is 0 Å². The van der Waals surface area contributed by atoms with Crippen LogP contribution in [0.25, 0.3) is 0 Å². The van der Waals surface area contributed by atoms with Crippen molar-refractivity contribution < 1.29 is 4.74 Å². The largest absolute Gasteiger partial charge is 0.493 e. The van der Waals surface area contributed by atoms with Crippen LogP contribution >= 0.6 is 0 Å². The highest BCUT2D eigenvalue weighted by Crippen LogP contribution is 2.37. The maximum absolute atomic E-state index is 5.78. The quantitative estimate of drug-likeness (QED) is 0.839. The molecule has 0 aliphatic carbocycles. The number of fused-ring (bicyclic) bond motifs is 1. The molecule has 3 unspecified atom stereocenters. The summed E-state index contributed by atoms with van der Waals surface area (Å²) in [5.74, 6) is 3.14. The van der Waals surface area contributed by atoms with Gasteiger partial charge in [-0.1, -0.05) is 45.9 Å². The van der Waals surface area contributed by atoms with Gasteiger partial charge in [0.25, 0.3) is 0 Å². The molecule has 1 heterocycles. The lowest BCUT2D eigenvalue weighted by molar-refractivity contribution is 0.228. The van der Waals surface area contributed by atoms with Gasteiger partial charge in [-0.05, 0) is 48.8 Å². The molecule has 0 spiro atoms. The summed E-state index contributed by atoms with van der Waals surface area (Å²) < 4.78 is 5.78. The molecule has 0 bridgehead atoms. The first kappa shape index (κ1) is 15.4. The lowest BCUT2D eigenvalue weighted by atomic mass is 9.80. The van der Waals surface area contributed by atoms with E-state index in [-0.39, 0.29) is 0 Å². The van der Waals surface area contributed by atoms with Crippen LogP contribution in [-0.4, -0.2) is 19.2 Å². The number of rotatable bonds is 6. The van der Waals surface area contributed by atoms with Crippen molar-refractivity contribution in [3.05, 3.63) is 29.8 Å². The zero-order valence-electron chi connectivity index (χ0n) is 13.4. The number of nitrogens with one attached hydrogen (secondary N) is 1. The summed E-state index contributed by atoms with van der Waals surface area (Å²) in [5.41, 5.74) is 1.40. The lowest BCUT2D eigenvalue weighted by Gasteiger charge is -2.33.